The molecule has 3 aromatic carbocycles. The van der Waals surface area contributed by atoms with E-state index in [2.05, 4.69) is 6.58 Å². The molecule has 0 aromatic heterocycles. The van der Waals surface area contributed by atoms with E-state index in [1.807, 2.05) is 6.08 Å². The molecule has 0 radical (unpaired) electrons. The third-order valence-electron chi connectivity index (χ3n) is 6.63. The Bertz CT molecular complexity index is 1170. The number of allylic oxidation sites excluding steroid dienone is 1. The maximum absolute atomic E-state index is 14.9. The molecule has 0 heterocycles. The third-order valence-corrected chi connectivity index (χ3v) is 6.63. The van der Waals surface area contributed by atoms with E-state index in [0.717, 1.165) is 18.4 Å². The highest BCUT2D eigenvalue weighted by atomic mass is 19.2. The second-order valence-electron chi connectivity index (χ2n) is 9.19. The zero-order chi connectivity index (χ0) is 25.5. The number of aliphatic hydroxyl groups is 1. The maximum Gasteiger partial charge on any atom is 0.168 e. The minimum absolute atomic E-state index is 0.0743. The van der Waals surface area contributed by atoms with Crippen molar-refractivity contribution in [1.29, 1.82) is 0 Å². The zero-order valence-corrected chi connectivity index (χ0v) is 20.2. The number of halogens is 3. The van der Waals surface area contributed by atoms with E-state index >= 15 is 0 Å². The quantitative estimate of drug-likeness (QED) is 0.231. The van der Waals surface area contributed by atoms with Crippen LogP contribution in [0.1, 0.15) is 55.6 Å². The van der Waals surface area contributed by atoms with Crippen LogP contribution in [0.15, 0.2) is 67.3 Å². The molecule has 1 N–H and O–H groups in total. The summed E-state index contributed by atoms with van der Waals surface area (Å²) >= 11 is 0. The monoisotopic (exact) mass is 496 g/mol. The van der Waals surface area contributed by atoms with Gasteiger partial charge in [0.1, 0.15) is 12.4 Å². The summed E-state index contributed by atoms with van der Waals surface area (Å²) in [5.74, 6) is -1.72. The Hall–Kier alpha value is -3.25. The first-order valence-corrected chi connectivity index (χ1v) is 12.4. The lowest BCUT2D eigenvalue weighted by atomic mass is 9.82. The molecule has 36 heavy (non-hydrogen) atoms. The van der Waals surface area contributed by atoms with Gasteiger partial charge in [-0.2, -0.15) is 0 Å². The van der Waals surface area contributed by atoms with Crippen molar-refractivity contribution in [3.63, 3.8) is 0 Å². The van der Waals surface area contributed by atoms with Crippen LogP contribution in [0.3, 0.4) is 0 Å². The second-order valence-corrected chi connectivity index (χ2v) is 9.19. The topological polar surface area (TPSA) is 38.7 Å². The van der Waals surface area contributed by atoms with E-state index in [0.29, 0.717) is 49.2 Å². The summed E-state index contributed by atoms with van der Waals surface area (Å²) in [6, 6.07) is 14.6. The highest BCUT2D eigenvalue weighted by Crippen LogP contribution is 2.37. The van der Waals surface area contributed by atoms with Crippen LogP contribution in [0, 0.1) is 17.5 Å². The van der Waals surface area contributed by atoms with E-state index in [-0.39, 0.29) is 29.9 Å². The Morgan fingerprint density at radius 3 is 2.33 bits per heavy atom. The SMILES string of the molecule is C=CCCCOc1ccc(OCc2ccc(-c3ccc(C4CCC(O)CC4)c(F)c3F)cc2)c(F)c1. The molecule has 0 atom stereocenters. The van der Waals surface area contributed by atoms with E-state index in [1.165, 1.54) is 12.1 Å². The molecule has 3 nitrogen and oxygen atoms in total. The minimum Gasteiger partial charge on any atom is -0.493 e. The first-order chi connectivity index (χ1) is 17.5. The Morgan fingerprint density at radius 1 is 0.889 bits per heavy atom. The highest BCUT2D eigenvalue weighted by molar-refractivity contribution is 5.65. The Labute approximate surface area is 210 Å². The van der Waals surface area contributed by atoms with Crippen LogP contribution in [0.2, 0.25) is 0 Å². The molecule has 0 aliphatic heterocycles. The predicted octanol–water partition coefficient (Wildman–Crippen LogP) is 7.71. The van der Waals surface area contributed by atoms with Gasteiger partial charge >= 0.3 is 0 Å². The van der Waals surface area contributed by atoms with Crippen LogP contribution in [-0.4, -0.2) is 17.8 Å². The largest absolute Gasteiger partial charge is 0.493 e. The summed E-state index contributed by atoms with van der Waals surface area (Å²) in [6.45, 7) is 4.26. The molecule has 1 aliphatic rings. The Morgan fingerprint density at radius 2 is 1.64 bits per heavy atom. The first kappa shape index (κ1) is 25.8. The molecule has 0 bridgehead atoms. The van der Waals surface area contributed by atoms with E-state index in [4.69, 9.17) is 9.47 Å². The predicted molar refractivity (Wildman–Crippen MR) is 135 cm³/mol. The van der Waals surface area contributed by atoms with Gasteiger partial charge in [0, 0.05) is 11.6 Å². The summed E-state index contributed by atoms with van der Waals surface area (Å²) in [4.78, 5) is 0. The van der Waals surface area contributed by atoms with Crippen molar-refractivity contribution in [2.75, 3.05) is 6.61 Å². The number of hydrogen-bond acceptors (Lipinski definition) is 3. The third kappa shape index (κ3) is 6.30. The van der Waals surface area contributed by atoms with Gasteiger partial charge in [-0.1, -0.05) is 42.5 Å². The fourth-order valence-electron chi connectivity index (χ4n) is 4.54. The fourth-order valence-corrected chi connectivity index (χ4v) is 4.54. The molecule has 0 spiro atoms. The van der Waals surface area contributed by atoms with Gasteiger partial charge in [0.2, 0.25) is 0 Å². The molecule has 1 saturated carbocycles. The number of benzene rings is 3. The van der Waals surface area contributed by atoms with Crippen LogP contribution in [-0.2, 0) is 6.61 Å². The smallest absolute Gasteiger partial charge is 0.168 e. The molecule has 0 saturated heterocycles. The lowest BCUT2D eigenvalue weighted by Crippen LogP contribution is -2.18. The van der Waals surface area contributed by atoms with Crippen LogP contribution < -0.4 is 9.47 Å². The number of aliphatic hydroxyl groups excluding tert-OH is 1. The molecular formula is C30H31F3O3. The summed E-state index contributed by atoms with van der Waals surface area (Å²) in [5.41, 5.74) is 1.88. The second kappa shape index (κ2) is 12.1. The Kier molecular flexibility index (Phi) is 8.70. The average molecular weight is 497 g/mol. The van der Waals surface area contributed by atoms with Gasteiger partial charge in [0.15, 0.2) is 23.2 Å². The molecule has 0 amide bonds. The Balaban J connectivity index is 1.37. The van der Waals surface area contributed by atoms with Crippen molar-refractivity contribution in [1.82, 2.24) is 0 Å². The minimum atomic E-state index is -0.864. The van der Waals surface area contributed by atoms with E-state index < -0.39 is 17.5 Å². The van der Waals surface area contributed by atoms with Gasteiger partial charge in [-0.15, -0.1) is 6.58 Å². The number of hydrogen-bond donors (Lipinski definition) is 1. The summed E-state index contributed by atoms with van der Waals surface area (Å²) in [5, 5.41) is 9.68. The standard InChI is InChI=1S/C30H31F3O3/c1-2-3-4-17-35-24-13-16-28(27(31)18-24)36-19-20-5-7-21(8-6-20)25-14-15-26(30(33)29(25)32)22-9-11-23(34)12-10-22/h2,5-8,13-16,18,22-23,34H,1,3-4,9-12,17,19H2. The normalized spacial score (nSPS) is 17.6. The molecule has 4 rings (SSSR count). The van der Waals surface area contributed by atoms with Gasteiger partial charge in [0.25, 0.3) is 0 Å². The summed E-state index contributed by atoms with van der Waals surface area (Å²) in [6.07, 6.45) is 5.62. The average Bonchev–Trinajstić information content (AvgIpc) is 2.89. The number of rotatable bonds is 10. The van der Waals surface area contributed by atoms with Crippen LogP contribution >= 0.6 is 0 Å². The molecule has 6 heteroatoms. The van der Waals surface area contributed by atoms with Crippen LogP contribution in [0.5, 0.6) is 11.5 Å². The van der Waals surface area contributed by atoms with Gasteiger partial charge < -0.3 is 14.6 Å². The van der Waals surface area contributed by atoms with Gasteiger partial charge in [0.05, 0.1) is 12.7 Å². The molecule has 1 fully saturated rings. The van der Waals surface area contributed by atoms with Crippen LogP contribution in [0.25, 0.3) is 11.1 Å². The van der Waals surface area contributed by atoms with Crippen molar-refractivity contribution in [2.24, 2.45) is 0 Å². The molecule has 0 unspecified atom stereocenters. The molecule has 190 valence electrons. The van der Waals surface area contributed by atoms with Crippen molar-refractivity contribution in [2.45, 2.75) is 57.2 Å². The van der Waals surface area contributed by atoms with Crippen molar-refractivity contribution in [3.05, 3.63) is 95.8 Å². The fraction of sp³-hybridized carbons (Fsp3) is 0.333. The summed E-state index contributed by atoms with van der Waals surface area (Å²) < 4.78 is 55.3. The highest BCUT2D eigenvalue weighted by Gasteiger charge is 2.25. The summed E-state index contributed by atoms with van der Waals surface area (Å²) in [7, 11) is 0. The lowest BCUT2D eigenvalue weighted by molar-refractivity contribution is 0.122. The van der Waals surface area contributed by atoms with E-state index in [9.17, 15) is 18.3 Å². The first-order valence-electron chi connectivity index (χ1n) is 12.4. The van der Waals surface area contributed by atoms with Crippen molar-refractivity contribution >= 4 is 0 Å². The zero-order valence-electron chi connectivity index (χ0n) is 20.2. The van der Waals surface area contributed by atoms with Crippen molar-refractivity contribution in [3.8, 4) is 22.6 Å². The van der Waals surface area contributed by atoms with Gasteiger partial charge in [-0.25, -0.2) is 13.2 Å². The van der Waals surface area contributed by atoms with Crippen molar-refractivity contribution < 1.29 is 27.8 Å². The number of ether oxygens (including phenoxy) is 2. The maximum atomic E-state index is 14.9. The lowest BCUT2D eigenvalue weighted by Gasteiger charge is -2.26. The van der Waals surface area contributed by atoms with Crippen LogP contribution in [0.4, 0.5) is 13.2 Å². The molecule has 1 aliphatic carbocycles. The van der Waals surface area contributed by atoms with E-state index in [1.54, 1.807) is 42.5 Å². The van der Waals surface area contributed by atoms with Gasteiger partial charge in [-0.05, 0) is 73.3 Å². The molecule has 3 aromatic rings. The molecular weight excluding hydrogens is 465 g/mol. The van der Waals surface area contributed by atoms with Gasteiger partial charge in [-0.3, -0.25) is 0 Å². The number of unbranched alkanes of at least 4 members (excludes halogenated alkanes) is 1.